The first kappa shape index (κ1) is 16.7. The molecule has 0 radical (unpaired) electrons. The molecule has 5 heteroatoms. The van der Waals surface area contributed by atoms with E-state index in [4.69, 9.17) is 4.74 Å². The lowest BCUT2D eigenvalue weighted by Gasteiger charge is -2.37. The number of esters is 1. The Morgan fingerprint density at radius 2 is 1.83 bits per heavy atom. The first-order chi connectivity index (χ1) is 11.5. The Bertz CT molecular complexity index is 666. The number of ether oxygens (including phenoxy) is 1. The van der Waals surface area contributed by atoms with E-state index in [1.165, 1.54) is 7.11 Å². The fourth-order valence-electron chi connectivity index (χ4n) is 3.93. The van der Waals surface area contributed by atoms with E-state index in [-0.39, 0.29) is 23.7 Å². The Balaban J connectivity index is 1.73. The molecule has 1 aromatic rings. The molecule has 2 aliphatic rings. The van der Waals surface area contributed by atoms with Crippen LogP contribution in [0.2, 0.25) is 0 Å². The average molecular weight is 329 g/mol. The number of Topliss-reactive ketones (excluding diaryl/α,β-unsaturated/α-hetero) is 1. The van der Waals surface area contributed by atoms with E-state index >= 15 is 0 Å². The Labute approximate surface area is 141 Å². The van der Waals surface area contributed by atoms with Crippen molar-refractivity contribution in [1.29, 1.82) is 0 Å². The zero-order valence-electron chi connectivity index (χ0n) is 14.1. The van der Waals surface area contributed by atoms with Crippen LogP contribution in [-0.2, 0) is 14.3 Å². The van der Waals surface area contributed by atoms with Crippen LogP contribution in [0.15, 0.2) is 18.2 Å². The molecule has 2 aliphatic carbocycles. The van der Waals surface area contributed by atoms with Gasteiger partial charge in [0.2, 0.25) is 5.91 Å². The van der Waals surface area contributed by atoms with Crippen molar-refractivity contribution in [2.45, 2.75) is 39.0 Å². The molecular formula is C19H23NO4. The van der Waals surface area contributed by atoms with E-state index in [1.807, 2.05) is 6.92 Å². The highest BCUT2D eigenvalue weighted by molar-refractivity contribution is 5.97. The van der Waals surface area contributed by atoms with Gasteiger partial charge >= 0.3 is 5.97 Å². The third kappa shape index (κ3) is 3.21. The fourth-order valence-corrected chi connectivity index (χ4v) is 3.93. The standard InChI is InChI=1S/C19H23NO4/c1-11-6-7-14(19(23)24-2)10-16(11)20-18(22)15-8-12-4-3-5-13(9-15)17(12)21/h6-7,10,12-13,15H,3-5,8-9H2,1-2H3,(H,20,22). The number of amides is 1. The quantitative estimate of drug-likeness (QED) is 0.865. The molecule has 2 fully saturated rings. The van der Waals surface area contributed by atoms with Crippen molar-refractivity contribution in [3.8, 4) is 0 Å². The topological polar surface area (TPSA) is 72.5 Å². The number of methoxy groups -OCH3 is 1. The van der Waals surface area contributed by atoms with E-state index in [2.05, 4.69) is 5.32 Å². The molecule has 1 aromatic carbocycles. The second kappa shape index (κ2) is 6.75. The van der Waals surface area contributed by atoms with Crippen LogP contribution in [-0.4, -0.2) is 24.8 Å². The van der Waals surface area contributed by atoms with Gasteiger partial charge in [0.1, 0.15) is 5.78 Å². The lowest BCUT2D eigenvalue weighted by Crippen LogP contribution is -2.40. The molecule has 2 unspecified atom stereocenters. The first-order valence-electron chi connectivity index (χ1n) is 8.53. The summed E-state index contributed by atoms with van der Waals surface area (Å²) in [5.74, 6) is -0.146. The van der Waals surface area contributed by atoms with Gasteiger partial charge < -0.3 is 10.1 Å². The molecule has 1 amide bonds. The van der Waals surface area contributed by atoms with Gasteiger partial charge in [0.25, 0.3) is 0 Å². The number of hydrogen-bond donors (Lipinski definition) is 1. The minimum absolute atomic E-state index is 0.0514. The lowest BCUT2D eigenvalue weighted by molar-refractivity contribution is -0.136. The number of hydrogen-bond acceptors (Lipinski definition) is 4. The van der Waals surface area contributed by atoms with Crippen LogP contribution in [0.4, 0.5) is 5.69 Å². The summed E-state index contributed by atoms with van der Waals surface area (Å²) in [7, 11) is 1.33. The maximum atomic E-state index is 12.7. The van der Waals surface area contributed by atoms with Crippen molar-refractivity contribution in [3.63, 3.8) is 0 Å². The molecule has 0 saturated heterocycles. The highest BCUT2D eigenvalue weighted by Gasteiger charge is 2.41. The van der Waals surface area contributed by atoms with E-state index in [1.54, 1.807) is 18.2 Å². The van der Waals surface area contributed by atoms with E-state index < -0.39 is 5.97 Å². The predicted molar refractivity (Wildman–Crippen MR) is 89.7 cm³/mol. The largest absolute Gasteiger partial charge is 0.465 e. The molecule has 2 saturated carbocycles. The van der Waals surface area contributed by atoms with Crippen molar-refractivity contribution in [2.75, 3.05) is 12.4 Å². The highest BCUT2D eigenvalue weighted by atomic mass is 16.5. The molecule has 0 aliphatic heterocycles. The van der Waals surface area contributed by atoms with Gasteiger partial charge in [0.05, 0.1) is 12.7 Å². The number of carbonyl (C=O) groups excluding carboxylic acids is 3. The van der Waals surface area contributed by atoms with Gasteiger partial charge in [0.15, 0.2) is 0 Å². The van der Waals surface area contributed by atoms with Gasteiger partial charge in [-0.3, -0.25) is 9.59 Å². The summed E-state index contributed by atoms with van der Waals surface area (Å²) in [6.07, 6.45) is 4.22. The Kier molecular flexibility index (Phi) is 4.69. The third-order valence-corrected chi connectivity index (χ3v) is 5.34. The number of nitrogens with one attached hydrogen (secondary N) is 1. The maximum absolute atomic E-state index is 12.7. The summed E-state index contributed by atoms with van der Waals surface area (Å²) >= 11 is 0. The Hall–Kier alpha value is -2.17. The van der Waals surface area contributed by atoms with Crippen molar-refractivity contribution in [1.82, 2.24) is 0 Å². The maximum Gasteiger partial charge on any atom is 0.337 e. The molecule has 1 N–H and O–H groups in total. The first-order valence-corrected chi connectivity index (χ1v) is 8.53. The molecular weight excluding hydrogens is 306 g/mol. The minimum atomic E-state index is -0.428. The summed E-state index contributed by atoms with van der Waals surface area (Å²) in [5, 5.41) is 2.95. The number of anilines is 1. The van der Waals surface area contributed by atoms with Gasteiger partial charge in [-0.1, -0.05) is 12.5 Å². The molecule has 128 valence electrons. The zero-order chi connectivity index (χ0) is 17.3. The summed E-state index contributed by atoms with van der Waals surface area (Å²) in [6.45, 7) is 1.88. The minimum Gasteiger partial charge on any atom is -0.465 e. The second-order valence-corrected chi connectivity index (χ2v) is 6.91. The number of benzene rings is 1. The van der Waals surface area contributed by atoms with Gasteiger partial charge in [-0.05, 0) is 50.3 Å². The van der Waals surface area contributed by atoms with Crippen LogP contribution in [0.3, 0.4) is 0 Å². The smallest absolute Gasteiger partial charge is 0.337 e. The second-order valence-electron chi connectivity index (χ2n) is 6.91. The third-order valence-electron chi connectivity index (χ3n) is 5.34. The molecule has 0 aromatic heterocycles. The van der Waals surface area contributed by atoms with Crippen molar-refractivity contribution in [3.05, 3.63) is 29.3 Å². The number of ketones is 1. The Morgan fingerprint density at radius 3 is 2.46 bits per heavy atom. The van der Waals surface area contributed by atoms with Crippen LogP contribution in [0.25, 0.3) is 0 Å². The normalized spacial score (nSPS) is 25.9. The highest BCUT2D eigenvalue weighted by Crippen LogP contribution is 2.40. The van der Waals surface area contributed by atoms with Gasteiger partial charge in [-0.2, -0.15) is 0 Å². The van der Waals surface area contributed by atoms with Gasteiger partial charge in [-0.25, -0.2) is 4.79 Å². The van der Waals surface area contributed by atoms with Gasteiger partial charge in [-0.15, -0.1) is 0 Å². The van der Waals surface area contributed by atoms with Crippen molar-refractivity contribution in [2.24, 2.45) is 17.8 Å². The van der Waals surface area contributed by atoms with E-state index in [0.717, 1.165) is 24.8 Å². The zero-order valence-corrected chi connectivity index (χ0v) is 14.1. The van der Waals surface area contributed by atoms with Crippen LogP contribution >= 0.6 is 0 Å². The predicted octanol–water partition coefficient (Wildman–Crippen LogP) is 3.12. The molecule has 3 rings (SSSR count). The van der Waals surface area contributed by atoms with Crippen molar-refractivity contribution < 1.29 is 19.1 Å². The number of rotatable bonds is 3. The molecule has 5 nitrogen and oxygen atoms in total. The van der Waals surface area contributed by atoms with E-state index in [9.17, 15) is 14.4 Å². The number of carbonyl (C=O) groups is 3. The number of aryl methyl sites for hydroxylation is 1. The van der Waals surface area contributed by atoms with Crippen LogP contribution in [0.1, 0.15) is 48.0 Å². The summed E-state index contributed by atoms with van der Waals surface area (Å²) in [6, 6.07) is 5.12. The van der Waals surface area contributed by atoms with E-state index in [0.29, 0.717) is 29.9 Å². The summed E-state index contributed by atoms with van der Waals surface area (Å²) in [5.41, 5.74) is 1.93. The molecule has 24 heavy (non-hydrogen) atoms. The Morgan fingerprint density at radius 1 is 1.17 bits per heavy atom. The van der Waals surface area contributed by atoms with Crippen LogP contribution < -0.4 is 5.32 Å². The molecule has 0 spiro atoms. The molecule has 2 bridgehead atoms. The molecule has 0 heterocycles. The summed E-state index contributed by atoms with van der Waals surface area (Å²) in [4.78, 5) is 36.5. The lowest BCUT2D eigenvalue weighted by atomic mass is 9.67. The summed E-state index contributed by atoms with van der Waals surface area (Å²) < 4.78 is 4.73. The number of fused-ring (bicyclic) bond motifs is 2. The van der Waals surface area contributed by atoms with Crippen LogP contribution in [0, 0.1) is 24.7 Å². The average Bonchev–Trinajstić information content (AvgIpc) is 2.55. The fraction of sp³-hybridized carbons (Fsp3) is 0.526. The van der Waals surface area contributed by atoms with Crippen LogP contribution in [0.5, 0.6) is 0 Å². The van der Waals surface area contributed by atoms with Crippen molar-refractivity contribution >= 4 is 23.3 Å². The monoisotopic (exact) mass is 329 g/mol. The SMILES string of the molecule is COC(=O)c1ccc(C)c(NC(=O)C2CC3CCCC(C2)C3=O)c1. The molecule has 2 atom stereocenters. The van der Waals surface area contributed by atoms with Gasteiger partial charge in [0, 0.05) is 23.4 Å².